The number of methoxy groups -OCH3 is 1. The smallest absolute Gasteiger partial charge is 0.405 e. The number of nitrogens with one attached hydrogen (secondary N) is 3. The molecule has 0 bridgehead atoms. The number of ether oxygens (including phenoxy) is 2. The molecule has 3 N–H and O–H groups in total. The number of aromatic nitrogens is 1. The van der Waals surface area contributed by atoms with Gasteiger partial charge in [-0.2, -0.15) is 13.2 Å². The molecule has 0 aliphatic heterocycles. The van der Waals surface area contributed by atoms with Crippen LogP contribution in [0.15, 0.2) is 24.3 Å². The zero-order valence-electron chi connectivity index (χ0n) is 13.4. The summed E-state index contributed by atoms with van der Waals surface area (Å²) in [6.45, 7) is -2.43. The quantitative estimate of drug-likeness (QED) is 0.692. The Labute approximate surface area is 144 Å². The summed E-state index contributed by atoms with van der Waals surface area (Å²) in [6, 6.07) is 5.20. The average molecular weight is 373 g/mol. The lowest BCUT2D eigenvalue weighted by Gasteiger charge is -2.09. The maximum absolute atomic E-state index is 11.9. The Bertz CT molecular complexity index is 832. The number of benzene rings is 1. The normalized spacial score (nSPS) is 11.1. The molecule has 8 nitrogen and oxygen atoms in total. The van der Waals surface area contributed by atoms with E-state index in [1.165, 1.54) is 18.5 Å². The minimum absolute atomic E-state index is 0.0579. The fourth-order valence-corrected chi connectivity index (χ4v) is 1.94. The van der Waals surface area contributed by atoms with Gasteiger partial charge in [0.05, 0.1) is 7.11 Å². The summed E-state index contributed by atoms with van der Waals surface area (Å²) >= 11 is 0. The van der Waals surface area contributed by atoms with Crippen LogP contribution in [0.4, 0.5) is 18.0 Å². The Morgan fingerprint density at radius 2 is 1.92 bits per heavy atom. The molecule has 0 radical (unpaired) electrons. The minimum atomic E-state index is -4.61. The summed E-state index contributed by atoms with van der Waals surface area (Å²) in [7, 11) is 1.49. The molecule has 0 fully saturated rings. The molecule has 0 aliphatic rings. The number of urea groups is 1. The van der Waals surface area contributed by atoms with Crippen LogP contribution in [-0.4, -0.2) is 49.3 Å². The van der Waals surface area contributed by atoms with Crippen molar-refractivity contribution in [1.82, 2.24) is 15.6 Å². The van der Waals surface area contributed by atoms with Crippen LogP contribution in [-0.2, 0) is 9.53 Å². The van der Waals surface area contributed by atoms with E-state index in [-0.39, 0.29) is 5.69 Å². The van der Waals surface area contributed by atoms with Crippen LogP contribution in [0.1, 0.15) is 10.5 Å². The van der Waals surface area contributed by atoms with Crippen LogP contribution in [0.2, 0.25) is 0 Å². The summed E-state index contributed by atoms with van der Waals surface area (Å²) in [5.41, 5.74) is 0.662. The van der Waals surface area contributed by atoms with Gasteiger partial charge in [0, 0.05) is 17.0 Å². The Kier molecular flexibility index (Phi) is 5.70. The van der Waals surface area contributed by atoms with Gasteiger partial charge in [-0.15, -0.1) is 0 Å². The van der Waals surface area contributed by atoms with Crippen LogP contribution >= 0.6 is 0 Å². The van der Waals surface area contributed by atoms with Crippen LogP contribution in [0.5, 0.6) is 5.75 Å². The van der Waals surface area contributed by atoms with E-state index in [1.54, 1.807) is 23.5 Å². The number of esters is 1. The molecule has 1 aromatic carbocycles. The molecule has 2 rings (SSSR count). The molecular formula is C15H14F3N3O5. The number of carbonyl (C=O) groups is 3. The van der Waals surface area contributed by atoms with Gasteiger partial charge in [-0.25, -0.2) is 9.59 Å². The van der Waals surface area contributed by atoms with Crippen molar-refractivity contribution in [2.75, 3.05) is 20.3 Å². The van der Waals surface area contributed by atoms with Gasteiger partial charge in [-0.05, 0) is 18.2 Å². The summed E-state index contributed by atoms with van der Waals surface area (Å²) in [5.74, 6) is -1.37. The molecule has 140 valence electrons. The van der Waals surface area contributed by atoms with Gasteiger partial charge in [0.15, 0.2) is 6.61 Å². The van der Waals surface area contributed by atoms with E-state index < -0.39 is 37.2 Å². The molecule has 0 unspecified atom stereocenters. The van der Waals surface area contributed by atoms with Crippen molar-refractivity contribution in [3.05, 3.63) is 30.0 Å². The monoisotopic (exact) mass is 373 g/mol. The molecule has 0 aliphatic carbocycles. The summed E-state index contributed by atoms with van der Waals surface area (Å²) in [4.78, 5) is 37.2. The van der Waals surface area contributed by atoms with Crippen molar-refractivity contribution in [1.29, 1.82) is 0 Å². The minimum Gasteiger partial charge on any atom is -0.497 e. The third-order valence-corrected chi connectivity index (χ3v) is 3.09. The largest absolute Gasteiger partial charge is 0.497 e. The van der Waals surface area contributed by atoms with Crippen LogP contribution in [0, 0.1) is 0 Å². The van der Waals surface area contributed by atoms with Gasteiger partial charge < -0.3 is 19.8 Å². The predicted octanol–water partition coefficient (Wildman–Crippen LogP) is 1.72. The topological polar surface area (TPSA) is 110 Å². The van der Waals surface area contributed by atoms with E-state index in [0.717, 1.165) is 0 Å². The highest BCUT2D eigenvalue weighted by Gasteiger charge is 2.28. The first-order chi connectivity index (χ1) is 12.2. The van der Waals surface area contributed by atoms with Gasteiger partial charge in [0.1, 0.15) is 18.0 Å². The molecular weight excluding hydrogens is 359 g/mol. The molecule has 11 heteroatoms. The molecule has 0 atom stereocenters. The number of aromatic amines is 1. The van der Waals surface area contributed by atoms with Gasteiger partial charge in [0.2, 0.25) is 0 Å². The zero-order valence-corrected chi connectivity index (χ0v) is 13.4. The first-order valence-electron chi connectivity index (χ1n) is 7.16. The fraction of sp³-hybridized carbons (Fsp3) is 0.267. The molecule has 0 spiro atoms. The fourth-order valence-electron chi connectivity index (χ4n) is 1.94. The van der Waals surface area contributed by atoms with Crippen molar-refractivity contribution in [2.24, 2.45) is 0 Å². The number of halogens is 3. The lowest BCUT2D eigenvalue weighted by Crippen LogP contribution is -2.44. The van der Waals surface area contributed by atoms with Crippen molar-refractivity contribution >= 4 is 28.8 Å². The number of fused-ring (bicyclic) bond motifs is 1. The molecule has 1 heterocycles. The number of hydrogen-bond donors (Lipinski definition) is 3. The first-order valence-corrected chi connectivity index (χ1v) is 7.16. The van der Waals surface area contributed by atoms with Gasteiger partial charge in [0.25, 0.3) is 5.91 Å². The van der Waals surface area contributed by atoms with E-state index in [1.807, 2.05) is 0 Å². The molecule has 0 saturated heterocycles. The van der Waals surface area contributed by atoms with Gasteiger partial charge in [-0.3, -0.25) is 10.1 Å². The highest BCUT2D eigenvalue weighted by Crippen LogP contribution is 2.21. The maximum atomic E-state index is 11.9. The SMILES string of the molecule is COc1ccc2cc(C(=O)OCC(=O)NC(=O)NCC(F)(F)F)[nH]c2c1. The number of amides is 3. The van der Waals surface area contributed by atoms with Gasteiger partial charge >= 0.3 is 18.2 Å². The second kappa shape index (κ2) is 7.76. The maximum Gasteiger partial charge on any atom is 0.405 e. The zero-order chi connectivity index (χ0) is 19.3. The second-order valence-corrected chi connectivity index (χ2v) is 5.06. The Hall–Kier alpha value is -3.24. The van der Waals surface area contributed by atoms with E-state index in [2.05, 4.69) is 4.98 Å². The van der Waals surface area contributed by atoms with Gasteiger partial charge in [-0.1, -0.05) is 0 Å². The number of rotatable bonds is 5. The summed E-state index contributed by atoms with van der Waals surface area (Å²) in [6.07, 6.45) is -4.61. The van der Waals surface area contributed by atoms with Crippen molar-refractivity contribution in [3.63, 3.8) is 0 Å². The molecule has 2 aromatic rings. The lowest BCUT2D eigenvalue weighted by atomic mass is 10.2. The molecule has 1 aromatic heterocycles. The Balaban J connectivity index is 1.86. The number of imide groups is 1. The predicted molar refractivity (Wildman–Crippen MR) is 82.7 cm³/mol. The Morgan fingerprint density at radius 1 is 1.19 bits per heavy atom. The van der Waals surface area contributed by atoms with Crippen molar-refractivity contribution in [3.8, 4) is 5.75 Å². The third-order valence-electron chi connectivity index (χ3n) is 3.09. The number of carbonyl (C=O) groups excluding carboxylic acids is 3. The average Bonchev–Trinajstić information content (AvgIpc) is 3.00. The first kappa shape index (κ1) is 19.1. The van der Waals surface area contributed by atoms with E-state index in [0.29, 0.717) is 16.7 Å². The number of alkyl halides is 3. The van der Waals surface area contributed by atoms with E-state index in [4.69, 9.17) is 9.47 Å². The summed E-state index contributed by atoms with van der Waals surface area (Å²) in [5, 5.41) is 3.76. The second-order valence-electron chi connectivity index (χ2n) is 5.06. The molecule has 26 heavy (non-hydrogen) atoms. The highest BCUT2D eigenvalue weighted by atomic mass is 19.4. The summed E-state index contributed by atoms with van der Waals surface area (Å²) < 4.78 is 45.5. The Morgan fingerprint density at radius 3 is 2.58 bits per heavy atom. The highest BCUT2D eigenvalue weighted by molar-refractivity contribution is 5.98. The standard InChI is InChI=1S/C15H14F3N3O5/c1-25-9-3-2-8-4-11(20-10(8)5-9)13(23)26-6-12(22)21-14(24)19-7-15(16,17)18/h2-5,20H,6-7H2,1H3,(H2,19,21,22,24). The van der Waals surface area contributed by atoms with Crippen LogP contribution in [0.25, 0.3) is 10.9 Å². The molecule has 0 saturated carbocycles. The lowest BCUT2D eigenvalue weighted by molar-refractivity contribution is -0.125. The number of H-pyrrole nitrogens is 1. The van der Waals surface area contributed by atoms with Crippen molar-refractivity contribution < 1.29 is 37.0 Å². The van der Waals surface area contributed by atoms with Crippen LogP contribution < -0.4 is 15.4 Å². The van der Waals surface area contributed by atoms with E-state index >= 15 is 0 Å². The van der Waals surface area contributed by atoms with Crippen molar-refractivity contribution in [2.45, 2.75) is 6.18 Å². The third kappa shape index (κ3) is 5.40. The van der Waals surface area contributed by atoms with Crippen LogP contribution in [0.3, 0.4) is 0 Å². The molecule has 3 amide bonds. The number of hydrogen-bond acceptors (Lipinski definition) is 5. The van der Waals surface area contributed by atoms with E-state index in [9.17, 15) is 27.6 Å².